The molecule has 1 heterocycles. The Balaban J connectivity index is 1.56. The minimum absolute atomic E-state index is 0.0331. The number of aliphatic hydroxyl groups excluding tert-OH is 2. The number of rotatable bonds is 8. The normalized spacial score (nSPS) is 45.9. The SMILES string of the molecule is CC(C)C1=C[C@H]2C[C@]3(C=O)[C@@H]4CC[C@@H](C)[C@H]4C[C@@]2(CO[C@@H]2O[C@H](C)[C@@H](O)[C@H](O)[C@H]2I)[C@]13C(=O)OCOC(=O)C(C)(C)C. The van der Waals surface area contributed by atoms with E-state index in [1.54, 1.807) is 27.7 Å². The minimum Gasteiger partial charge on any atom is -0.427 e. The third-order valence-corrected chi connectivity index (χ3v) is 12.7. The molecule has 0 unspecified atom stereocenters. The summed E-state index contributed by atoms with van der Waals surface area (Å²) < 4.78 is 23.3. The van der Waals surface area contributed by atoms with Gasteiger partial charge in [0.15, 0.2) is 6.29 Å². The molecule has 0 amide bonds. The largest absolute Gasteiger partial charge is 0.427 e. The topological polar surface area (TPSA) is 129 Å². The van der Waals surface area contributed by atoms with E-state index in [9.17, 15) is 24.6 Å². The van der Waals surface area contributed by atoms with Crippen LogP contribution in [0.1, 0.15) is 74.1 Å². The van der Waals surface area contributed by atoms with Gasteiger partial charge in [-0.05, 0) is 76.5 Å². The summed E-state index contributed by atoms with van der Waals surface area (Å²) in [4.78, 5) is 40.7. The molecule has 0 aromatic carbocycles. The molecule has 12 atom stereocenters. The number of aldehydes is 1. The molecule has 0 radical (unpaired) electrons. The van der Waals surface area contributed by atoms with Crippen molar-refractivity contribution in [2.45, 2.75) is 103 Å². The fourth-order valence-corrected chi connectivity index (χ4v) is 10.2. The molecule has 2 N–H and O–H groups in total. The highest BCUT2D eigenvalue weighted by atomic mass is 127. The molecule has 4 aliphatic carbocycles. The monoisotopic (exact) mass is 702 g/mol. The van der Waals surface area contributed by atoms with Crippen LogP contribution in [0.3, 0.4) is 0 Å². The molecule has 10 heteroatoms. The van der Waals surface area contributed by atoms with Crippen molar-refractivity contribution in [2.75, 3.05) is 13.4 Å². The predicted molar refractivity (Wildman–Crippen MR) is 161 cm³/mol. The summed E-state index contributed by atoms with van der Waals surface area (Å²) in [5.74, 6) is -0.449. The van der Waals surface area contributed by atoms with Gasteiger partial charge in [0, 0.05) is 5.41 Å². The Bertz CT molecular complexity index is 1130. The van der Waals surface area contributed by atoms with Crippen molar-refractivity contribution in [3.05, 3.63) is 11.6 Å². The fraction of sp³-hybridized carbons (Fsp3) is 0.844. The quantitative estimate of drug-likeness (QED) is 0.0956. The predicted octanol–water partition coefficient (Wildman–Crippen LogP) is 4.20. The second-order valence-electron chi connectivity index (χ2n) is 14.9. The number of fused-ring (bicyclic) bond motifs is 2. The molecule has 0 aromatic heterocycles. The van der Waals surface area contributed by atoms with Gasteiger partial charge in [-0.3, -0.25) is 9.59 Å². The maximum absolute atomic E-state index is 14.7. The van der Waals surface area contributed by atoms with Gasteiger partial charge in [0.2, 0.25) is 6.79 Å². The van der Waals surface area contributed by atoms with Gasteiger partial charge in [0.05, 0.1) is 33.6 Å². The van der Waals surface area contributed by atoms with Crippen LogP contribution in [0.2, 0.25) is 0 Å². The molecule has 3 saturated carbocycles. The zero-order valence-electron chi connectivity index (χ0n) is 25.8. The van der Waals surface area contributed by atoms with Crippen molar-refractivity contribution in [3.63, 3.8) is 0 Å². The highest BCUT2D eigenvalue weighted by Crippen LogP contribution is 2.82. The van der Waals surface area contributed by atoms with Crippen LogP contribution in [-0.4, -0.2) is 70.4 Å². The van der Waals surface area contributed by atoms with Crippen LogP contribution >= 0.6 is 22.6 Å². The van der Waals surface area contributed by atoms with Gasteiger partial charge < -0.3 is 34.0 Å². The van der Waals surface area contributed by atoms with Crippen LogP contribution in [-0.2, 0) is 33.3 Å². The summed E-state index contributed by atoms with van der Waals surface area (Å²) in [6.45, 7) is 12.8. The lowest BCUT2D eigenvalue weighted by molar-refractivity contribution is -0.258. The Morgan fingerprint density at radius 2 is 1.83 bits per heavy atom. The lowest BCUT2D eigenvalue weighted by Crippen LogP contribution is -2.64. The van der Waals surface area contributed by atoms with Crippen molar-refractivity contribution >= 4 is 40.8 Å². The molecular formula is C32H47IO9. The Labute approximate surface area is 262 Å². The number of hydrogen-bond acceptors (Lipinski definition) is 9. The molecule has 236 valence electrons. The molecule has 1 aliphatic heterocycles. The third-order valence-electron chi connectivity index (χ3n) is 11.4. The summed E-state index contributed by atoms with van der Waals surface area (Å²) in [7, 11) is 0. The first kappa shape index (κ1) is 32.3. The number of esters is 2. The van der Waals surface area contributed by atoms with E-state index in [0.29, 0.717) is 18.8 Å². The molecule has 0 spiro atoms. The van der Waals surface area contributed by atoms with Crippen LogP contribution in [0, 0.1) is 51.2 Å². The number of halogens is 1. The van der Waals surface area contributed by atoms with Crippen molar-refractivity contribution in [2.24, 2.45) is 51.2 Å². The number of hydrogen-bond donors (Lipinski definition) is 2. The second-order valence-corrected chi connectivity index (χ2v) is 16.3. The number of aliphatic hydroxyl groups is 2. The highest BCUT2D eigenvalue weighted by Gasteiger charge is 2.84. The van der Waals surface area contributed by atoms with Gasteiger partial charge in [0.25, 0.3) is 0 Å². The van der Waals surface area contributed by atoms with E-state index in [1.807, 2.05) is 36.4 Å². The Hall–Kier alpha value is -1.08. The smallest absolute Gasteiger partial charge is 0.320 e. The molecule has 42 heavy (non-hydrogen) atoms. The Morgan fingerprint density at radius 1 is 1.14 bits per heavy atom. The Kier molecular flexibility index (Phi) is 8.52. The van der Waals surface area contributed by atoms with Crippen molar-refractivity contribution in [3.8, 4) is 0 Å². The van der Waals surface area contributed by atoms with Gasteiger partial charge in [-0.15, -0.1) is 0 Å². The molecule has 9 nitrogen and oxygen atoms in total. The lowest BCUT2D eigenvalue weighted by atomic mass is 9.43. The van der Waals surface area contributed by atoms with E-state index in [2.05, 4.69) is 13.0 Å². The van der Waals surface area contributed by atoms with Crippen molar-refractivity contribution in [1.29, 1.82) is 0 Å². The summed E-state index contributed by atoms with van der Waals surface area (Å²) in [5, 5.41) is 21.0. The van der Waals surface area contributed by atoms with Gasteiger partial charge in [-0.1, -0.05) is 61.4 Å². The van der Waals surface area contributed by atoms with Crippen LogP contribution in [0.15, 0.2) is 11.6 Å². The maximum Gasteiger partial charge on any atom is 0.320 e. The van der Waals surface area contributed by atoms with Gasteiger partial charge in [-0.25, -0.2) is 0 Å². The molecule has 5 aliphatic rings. The zero-order valence-corrected chi connectivity index (χ0v) is 28.0. The average Bonchev–Trinajstić information content (AvgIpc) is 3.49. The first-order valence-corrected chi connectivity index (χ1v) is 16.6. The van der Waals surface area contributed by atoms with Crippen LogP contribution < -0.4 is 0 Å². The molecule has 4 fully saturated rings. The lowest BCUT2D eigenvalue weighted by Gasteiger charge is -2.59. The van der Waals surface area contributed by atoms with E-state index >= 15 is 0 Å². The first-order chi connectivity index (χ1) is 19.6. The minimum atomic E-state index is -1.28. The number of carbonyl (C=O) groups is 3. The second kappa shape index (κ2) is 11.1. The molecule has 0 aromatic rings. The highest BCUT2D eigenvalue weighted by molar-refractivity contribution is 14.1. The van der Waals surface area contributed by atoms with Gasteiger partial charge >= 0.3 is 11.9 Å². The maximum atomic E-state index is 14.7. The average molecular weight is 703 g/mol. The standard InChI is InChI=1S/C32H47IO9/c1-16(2)22-10-19-11-30(13-34)21-9-8-17(3)20(21)12-31(19,14-39-26-23(33)25(36)24(35)18(4)42-26)32(22,30)28(38)41-15-40-27(37)29(5,6)7/h10,13,16-21,23-26,35-36H,8-9,11-12,14-15H2,1-7H3/t17-,18-,19+,20-,21-,23-,24-,25-,26-,30+,31+,32+/m1/s1. The fourth-order valence-electron chi connectivity index (χ4n) is 9.43. The summed E-state index contributed by atoms with van der Waals surface area (Å²) in [6, 6.07) is 0. The van der Waals surface area contributed by atoms with E-state index in [4.69, 9.17) is 18.9 Å². The summed E-state index contributed by atoms with van der Waals surface area (Å²) in [5.41, 5.74) is -2.87. The van der Waals surface area contributed by atoms with E-state index in [1.165, 1.54) is 0 Å². The van der Waals surface area contributed by atoms with E-state index in [0.717, 1.165) is 24.7 Å². The van der Waals surface area contributed by atoms with E-state index in [-0.39, 0.29) is 30.3 Å². The van der Waals surface area contributed by atoms with Crippen LogP contribution in [0.5, 0.6) is 0 Å². The van der Waals surface area contributed by atoms with Gasteiger partial charge in [-0.2, -0.15) is 0 Å². The molecular weight excluding hydrogens is 655 g/mol. The van der Waals surface area contributed by atoms with Crippen LogP contribution in [0.25, 0.3) is 0 Å². The van der Waals surface area contributed by atoms with E-state index < -0.39 is 68.9 Å². The van der Waals surface area contributed by atoms with Crippen LogP contribution in [0.4, 0.5) is 0 Å². The Morgan fingerprint density at radius 3 is 2.45 bits per heavy atom. The summed E-state index contributed by atoms with van der Waals surface area (Å²) in [6.07, 6.45) is 2.84. The molecule has 1 saturated heterocycles. The zero-order chi connectivity index (χ0) is 31.0. The number of ether oxygens (including phenoxy) is 4. The van der Waals surface area contributed by atoms with Crippen molar-refractivity contribution < 1.29 is 43.5 Å². The van der Waals surface area contributed by atoms with Crippen molar-refractivity contribution in [1.82, 2.24) is 0 Å². The number of alkyl halides is 1. The molecule has 5 rings (SSSR count). The number of carbonyl (C=O) groups excluding carboxylic acids is 3. The molecule has 4 bridgehead atoms. The number of allylic oxidation sites excluding steroid dienone is 1. The summed E-state index contributed by atoms with van der Waals surface area (Å²) >= 11 is 2.05. The first-order valence-electron chi connectivity index (χ1n) is 15.4. The third kappa shape index (κ3) is 4.39. The van der Waals surface area contributed by atoms with Gasteiger partial charge in [0.1, 0.15) is 17.8 Å².